The van der Waals surface area contributed by atoms with Crippen molar-refractivity contribution in [1.29, 1.82) is 5.26 Å². The molecule has 1 heterocycles. The van der Waals surface area contributed by atoms with E-state index in [1.54, 1.807) is 6.07 Å². The molecule has 1 saturated heterocycles. The van der Waals surface area contributed by atoms with E-state index in [9.17, 15) is 10.1 Å². The van der Waals surface area contributed by atoms with Crippen molar-refractivity contribution in [1.82, 2.24) is 0 Å². The van der Waals surface area contributed by atoms with Gasteiger partial charge in [0.25, 0.3) is 5.69 Å². The summed E-state index contributed by atoms with van der Waals surface area (Å²) in [7, 11) is 0. The zero-order chi connectivity index (χ0) is 14.0. The van der Waals surface area contributed by atoms with Gasteiger partial charge in [0.2, 0.25) is 0 Å². The molecule has 0 bridgehead atoms. The van der Waals surface area contributed by atoms with Gasteiger partial charge in [0.1, 0.15) is 11.6 Å². The van der Waals surface area contributed by atoms with Crippen LogP contribution in [0.2, 0.25) is 0 Å². The number of anilines is 1. The molecule has 1 aromatic rings. The Balaban J connectivity index is 2.34. The molecule has 1 aliphatic heterocycles. The van der Waals surface area contributed by atoms with Crippen molar-refractivity contribution in [2.24, 2.45) is 11.7 Å². The molecule has 0 amide bonds. The van der Waals surface area contributed by atoms with E-state index in [4.69, 9.17) is 11.0 Å². The summed E-state index contributed by atoms with van der Waals surface area (Å²) in [6, 6.07) is 6.91. The molecule has 2 unspecified atom stereocenters. The number of nitro benzene ring substituents is 1. The molecular formula is C13H16N4O2. The Morgan fingerprint density at radius 3 is 2.89 bits per heavy atom. The van der Waals surface area contributed by atoms with Crippen LogP contribution in [0.4, 0.5) is 11.4 Å². The van der Waals surface area contributed by atoms with Gasteiger partial charge in [-0.25, -0.2) is 0 Å². The first-order valence-corrected chi connectivity index (χ1v) is 6.22. The van der Waals surface area contributed by atoms with Gasteiger partial charge in [0, 0.05) is 24.3 Å². The van der Waals surface area contributed by atoms with Crippen molar-refractivity contribution < 1.29 is 4.92 Å². The highest BCUT2D eigenvalue weighted by molar-refractivity contribution is 5.61. The standard InChI is InChI=1S/C13H16N4O2/c1-9-4-10(6-14)8-16(9)12-3-2-11(7-15)13(5-12)17(18)19/h2-3,5,9-10H,4,6,8,14H2,1H3. The lowest BCUT2D eigenvalue weighted by molar-refractivity contribution is -0.385. The highest BCUT2D eigenvalue weighted by Gasteiger charge is 2.29. The van der Waals surface area contributed by atoms with Gasteiger partial charge >= 0.3 is 0 Å². The third-order valence-electron chi connectivity index (χ3n) is 3.62. The number of rotatable bonds is 3. The highest BCUT2D eigenvalue weighted by atomic mass is 16.6. The maximum Gasteiger partial charge on any atom is 0.289 e. The van der Waals surface area contributed by atoms with E-state index in [1.807, 2.05) is 6.07 Å². The van der Waals surface area contributed by atoms with Crippen molar-refractivity contribution >= 4 is 11.4 Å². The maximum absolute atomic E-state index is 11.0. The number of hydrogen-bond acceptors (Lipinski definition) is 5. The zero-order valence-corrected chi connectivity index (χ0v) is 10.7. The van der Waals surface area contributed by atoms with Crippen molar-refractivity contribution in [3.63, 3.8) is 0 Å². The number of nitro groups is 1. The molecule has 1 aromatic carbocycles. The van der Waals surface area contributed by atoms with Gasteiger partial charge in [0.15, 0.2) is 0 Å². The van der Waals surface area contributed by atoms with Crippen molar-refractivity contribution in [2.45, 2.75) is 19.4 Å². The van der Waals surface area contributed by atoms with Crippen LogP contribution < -0.4 is 10.6 Å². The van der Waals surface area contributed by atoms with Crippen LogP contribution in [0, 0.1) is 27.4 Å². The molecule has 1 fully saturated rings. The second-order valence-corrected chi connectivity index (χ2v) is 4.91. The van der Waals surface area contributed by atoms with Crippen LogP contribution in [0.1, 0.15) is 18.9 Å². The SMILES string of the molecule is CC1CC(CN)CN1c1ccc(C#N)c([N+](=O)[O-])c1. The zero-order valence-electron chi connectivity index (χ0n) is 10.7. The fraction of sp³-hybridized carbons (Fsp3) is 0.462. The maximum atomic E-state index is 11.0. The largest absolute Gasteiger partial charge is 0.368 e. The molecule has 6 nitrogen and oxygen atoms in total. The Labute approximate surface area is 111 Å². The van der Waals surface area contributed by atoms with Crippen LogP contribution in [-0.4, -0.2) is 24.1 Å². The smallest absolute Gasteiger partial charge is 0.289 e. The van der Waals surface area contributed by atoms with Gasteiger partial charge in [-0.15, -0.1) is 0 Å². The molecule has 0 aromatic heterocycles. The van der Waals surface area contributed by atoms with Gasteiger partial charge in [-0.2, -0.15) is 5.26 Å². The first-order valence-electron chi connectivity index (χ1n) is 6.22. The average molecular weight is 260 g/mol. The fourth-order valence-electron chi connectivity index (χ4n) is 2.62. The Morgan fingerprint density at radius 2 is 2.37 bits per heavy atom. The van der Waals surface area contributed by atoms with Crippen LogP contribution in [0.15, 0.2) is 18.2 Å². The van der Waals surface area contributed by atoms with Crippen LogP contribution in [0.5, 0.6) is 0 Å². The van der Waals surface area contributed by atoms with Gasteiger partial charge in [0.05, 0.1) is 4.92 Å². The molecule has 1 aliphatic rings. The molecule has 0 spiro atoms. The molecule has 0 saturated carbocycles. The van der Waals surface area contributed by atoms with E-state index in [2.05, 4.69) is 11.8 Å². The van der Waals surface area contributed by atoms with Gasteiger partial charge in [-0.3, -0.25) is 10.1 Å². The lowest BCUT2D eigenvalue weighted by Crippen LogP contribution is -2.27. The Morgan fingerprint density at radius 1 is 1.63 bits per heavy atom. The van der Waals surface area contributed by atoms with Crippen LogP contribution in [0.25, 0.3) is 0 Å². The monoisotopic (exact) mass is 260 g/mol. The summed E-state index contributed by atoms with van der Waals surface area (Å²) < 4.78 is 0. The normalized spacial score (nSPS) is 22.3. The van der Waals surface area contributed by atoms with E-state index in [0.29, 0.717) is 18.5 Å². The summed E-state index contributed by atoms with van der Waals surface area (Å²) in [5.74, 6) is 0.421. The van der Waals surface area contributed by atoms with Crippen LogP contribution >= 0.6 is 0 Å². The Bertz CT molecular complexity index is 538. The molecule has 2 atom stereocenters. The predicted octanol–water partition coefficient (Wildman–Crippen LogP) is 1.64. The van der Waals surface area contributed by atoms with Crippen molar-refractivity contribution in [3.8, 4) is 6.07 Å². The molecule has 100 valence electrons. The Kier molecular flexibility index (Phi) is 3.67. The number of hydrogen-bond donors (Lipinski definition) is 1. The van der Waals surface area contributed by atoms with Gasteiger partial charge in [-0.1, -0.05) is 0 Å². The minimum atomic E-state index is -0.511. The van der Waals surface area contributed by atoms with Gasteiger partial charge < -0.3 is 10.6 Å². The molecule has 2 N–H and O–H groups in total. The first kappa shape index (κ1) is 13.3. The molecular weight excluding hydrogens is 244 g/mol. The molecule has 19 heavy (non-hydrogen) atoms. The number of nitrogens with two attached hydrogens (primary N) is 1. The quantitative estimate of drug-likeness (QED) is 0.658. The van der Waals surface area contributed by atoms with Crippen molar-refractivity contribution in [3.05, 3.63) is 33.9 Å². The summed E-state index contributed by atoms with van der Waals surface area (Å²) in [6.45, 7) is 3.51. The minimum Gasteiger partial charge on any atom is -0.368 e. The highest BCUT2D eigenvalue weighted by Crippen LogP contribution is 2.32. The first-order chi connectivity index (χ1) is 9.06. The lowest BCUT2D eigenvalue weighted by Gasteiger charge is -2.23. The fourth-order valence-corrected chi connectivity index (χ4v) is 2.62. The van der Waals surface area contributed by atoms with E-state index < -0.39 is 4.92 Å². The molecule has 0 radical (unpaired) electrons. The third-order valence-corrected chi connectivity index (χ3v) is 3.62. The van der Waals surface area contributed by atoms with E-state index >= 15 is 0 Å². The summed E-state index contributed by atoms with van der Waals surface area (Å²) in [5, 5.41) is 19.8. The number of benzene rings is 1. The number of nitriles is 1. The summed E-state index contributed by atoms with van der Waals surface area (Å²) in [5.41, 5.74) is 6.43. The minimum absolute atomic E-state index is 0.0935. The Hall–Kier alpha value is -2.13. The van der Waals surface area contributed by atoms with Crippen LogP contribution in [0.3, 0.4) is 0 Å². The average Bonchev–Trinajstić information content (AvgIpc) is 2.79. The summed E-state index contributed by atoms with van der Waals surface area (Å²) in [4.78, 5) is 12.6. The van der Waals surface area contributed by atoms with E-state index in [1.165, 1.54) is 12.1 Å². The van der Waals surface area contributed by atoms with Crippen molar-refractivity contribution in [2.75, 3.05) is 18.0 Å². The van der Waals surface area contributed by atoms with Crippen LogP contribution in [-0.2, 0) is 0 Å². The number of nitrogens with zero attached hydrogens (tertiary/aromatic N) is 3. The second-order valence-electron chi connectivity index (χ2n) is 4.91. The topological polar surface area (TPSA) is 96.2 Å². The third kappa shape index (κ3) is 2.51. The second kappa shape index (κ2) is 5.24. The predicted molar refractivity (Wildman–Crippen MR) is 71.8 cm³/mol. The lowest BCUT2D eigenvalue weighted by atomic mass is 10.1. The molecule has 0 aliphatic carbocycles. The molecule has 6 heteroatoms. The van der Waals surface area contributed by atoms with E-state index in [0.717, 1.165) is 18.7 Å². The molecule has 2 rings (SSSR count). The summed E-state index contributed by atoms with van der Waals surface area (Å²) >= 11 is 0. The van der Waals surface area contributed by atoms with E-state index in [-0.39, 0.29) is 11.3 Å². The van der Waals surface area contributed by atoms with Gasteiger partial charge in [-0.05, 0) is 37.9 Å². The summed E-state index contributed by atoms with van der Waals surface area (Å²) in [6.07, 6.45) is 0.990.